The lowest BCUT2D eigenvalue weighted by Gasteiger charge is -2.35. The maximum atomic E-state index is 12.7. The minimum absolute atomic E-state index is 0.0132. The van der Waals surface area contributed by atoms with Crippen LogP contribution in [-0.2, 0) is 24.7 Å². The number of alkyl halides is 3. The molecule has 1 aromatic carbocycles. The molecule has 13 heteroatoms. The molecule has 0 saturated carbocycles. The summed E-state index contributed by atoms with van der Waals surface area (Å²) in [5.74, 6) is -1.23. The van der Waals surface area contributed by atoms with Crippen LogP contribution in [0.2, 0.25) is 0 Å². The number of carbonyl (C=O) groups is 1. The van der Waals surface area contributed by atoms with Gasteiger partial charge in [0, 0.05) is 26.2 Å². The molecule has 1 aliphatic rings. The number of halogens is 3. The van der Waals surface area contributed by atoms with Crippen LogP contribution >= 0.6 is 0 Å². The van der Waals surface area contributed by atoms with Crippen LogP contribution in [0, 0.1) is 0 Å². The third-order valence-electron chi connectivity index (χ3n) is 4.62. The monoisotopic (exact) mass is 472 g/mol. The summed E-state index contributed by atoms with van der Waals surface area (Å²) in [5, 5.41) is -1.21. The number of piperazine rings is 1. The van der Waals surface area contributed by atoms with Gasteiger partial charge in [0.05, 0.1) is 10.6 Å². The Labute approximate surface area is 173 Å². The van der Waals surface area contributed by atoms with E-state index < -0.39 is 43.1 Å². The topological polar surface area (TPSA) is 101 Å². The SMILES string of the molecule is CCCS(=O)(=O)C(C)C(=O)N1CCN(S(=O)(=O)c2ccc(OC(F)(F)F)cc2)CC1. The number of rotatable bonds is 7. The molecule has 1 heterocycles. The van der Waals surface area contributed by atoms with Crippen molar-refractivity contribution in [2.45, 2.75) is 36.8 Å². The van der Waals surface area contributed by atoms with E-state index in [1.807, 2.05) is 0 Å². The fourth-order valence-electron chi connectivity index (χ4n) is 2.98. The molecule has 1 saturated heterocycles. The summed E-state index contributed by atoms with van der Waals surface area (Å²) in [6, 6.07) is 3.82. The summed E-state index contributed by atoms with van der Waals surface area (Å²) in [6.07, 6.45) is -4.50. The lowest BCUT2D eigenvalue weighted by atomic mass is 10.3. The van der Waals surface area contributed by atoms with Gasteiger partial charge in [0.2, 0.25) is 15.9 Å². The zero-order valence-corrected chi connectivity index (χ0v) is 18.1. The van der Waals surface area contributed by atoms with Crippen LogP contribution < -0.4 is 4.74 Å². The predicted molar refractivity (Wildman–Crippen MR) is 102 cm³/mol. The minimum Gasteiger partial charge on any atom is -0.406 e. The van der Waals surface area contributed by atoms with Gasteiger partial charge in [0.25, 0.3) is 0 Å². The van der Waals surface area contributed by atoms with Crippen molar-refractivity contribution >= 4 is 25.8 Å². The van der Waals surface area contributed by atoms with Gasteiger partial charge in [0.1, 0.15) is 11.0 Å². The Hall–Kier alpha value is -1.86. The van der Waals surface area contributed by atoms with E-state index >= 15 is 0 Å². The first-order chi connectivity index (χ1) is 13.8. The number of nitrogens with zero attached hydrogens (tertiary/aromatic N) is 2. The van der Waals surface area contributed by atoms with Crippen LogP contribution in [0.5, 0.6) is 5.75 Å². The molecule has 2 rings (SSSR count). The molecule has 30 heavy (non-hydrogen) atoms. The number of hydrogen-bond acceptors (Lipinski definition) is 6. The molecule has 0 N–H and O–H groups in total. The molecule has 0 spiro atoms. The largest absolute Gasteiger partial charge is 0.573 e. The van der Waals surface area contributed by atoms with Crippen molar-refractivity contribution in [3.63, 3.8) is 0 Å². The summed E-state index contributed by atoms with van der Waals surface area (Å²) in [6.45, 7) is 2.92. The number of amides is 1. The van der Waals surface area contributed by atoms with Crippen LogP contribution in [0.4, 0.5) is 13.2 Å². The fraction of sp³-hybridized carbons (Fsp3) is 0.588. The summed E-state index contributed by atoms with van der Waals surface area (Å²) >= 11 is 0. The van der Waals surface area contributed by atoms with Gasteiger partial charge < -0.3 is 9.64 Å². The van der Waals surface area contributed by atoms with E-state index in [0.29, 0.717) is 6.42 Å². The van der Waals surface area contributed by atoms with E-state index in [9.17, 15) is 34.8 Å². The molecule has 0 radical (unpaired) electrons. The van der Waals surface area contributed by atoms with Crippen molar-refractivity contribution in [3.05, 3.63) is 24.3 Å². The summed E-state index contributed by atoms with van der Waals surface area (Å²) < 4.78 is 91.1. The van der Waals surface area contributed by atoms with E-state index in [4.69, 9.17) is 0 Å². The minimum atomic E-state index is -4.88. The number of benzene rings is 1. The second-order valence-electron chi connectivity index (χ2n) is 6.76. The van der Waals surface area contributed by atoms with Gasteiger partial charge in [-0.25, -0.2) is 16.8 Å². The Morgan fingerprint density at radius 3 is 2.07 bits per heavy atom. The molecule has 1 aromatic rings. The van der Waals surface area contributed by atoms with E-state index in [0.717, 1.165) is 28.6 Å². The number of hydrogen-bond donors (Lipinski definition) is 0. The van der Waals surface area contributed by atoms with Gasteiger partial charge in [-0.05, 0) is 37.6 Å². The van der Waals surface area contributed by atoms with E-state index in [2.05, 4.69) is 4.74 Å². The molecule has 1 unspecified atom stereocenters. The molecule has 1 atom stereocenters. The highest BCUT2D eigenvalue weighted by atomic mass is 32.2. The van der Waals surface area contributed by atoms with Crippen LogP contribution in [0.15, 0.2) is 29.2 Å². The van der Waals surface area contributed by atoms with Crippen molar-refractivity contribution in [1.29, 1.82) is 0 Å². The van der Waals surface area contributed by atoms with Gasteiger partial charge in [0.15, 0.2) is 9.84 Å². The molecule has 0 aromatic heterocycles. The van der Waals surface area contributed by atoms with Gasteiger partial charge >= 0.3 is 6.36 Å². The van der Waals surface area contributed by atoms with Crippen molar-refractivity contribution in [2.24, 2.45) is 0 Å². The molecule has 8 nitrogen and oxygen atoms in total. The average molecular weight is 473 g/mol. The average Bonchev–Trinajstić information content (AvgIpc) is 2.66. The molecule has 0 aliphatic carbocycles. The van der Waals surface area contributed by atoms with Crippen LogP contribution in [0.1, 0.15) is 20.3 Å². The number of sulfonamides is 1. The molecule has 0 bridgehead atoms. The van der Waals surface area contributed by atoms with Crippen LogP contribution in [0.3, 0.4) is 0 Å². The van der Waals surface area contributed by atoms with Crippen molar-refractivity contribution in [1.82, 2.24) is 9.21 Å². The number of carbonyl (C=O) groups excluding carboxylic acids is 1. The van der Waals surface area contributed by atoms with Crippen molar-refractivity contribution < 1.29 is 39.5 Å². The van der Waals surface area contributed by atoms with Gasteiger partial charge in [-0.15, -0.1) is 13.2 Å². The highest BCUT2D eigenvalue weighted by Crippen LogP contribution is 2.25. The molecule has 170 valence electrons. The van der Waals surface area contributed by atoms with E-state index in [-0.39, 0.29) is 36.8 Å². The number of sulfone groups is 1. The summed E-state index contributed by atoms with van der Waals surface area (Å²) in [5.41, 5.74) is 0. The normalized spacial score (nSPS) is 17.6. The maximum absolute atomic E-state index is 12.7. The highest BCUT2D eigenvalue weighted by Gasteiger charge is 2.35. The zero-order valence-electron chi connectivity index (χ0n) is 16.4. The number of ether oxygens (including phenoxy) is 1. The van der Waals surface area contributed by atoms with Crippen LogP contribution in [0.25, 0.3) is 0 Å². The Morgan fingerprint density at radius 1 is 1.07 bits per heavy atom. The highest BCUT2D eigenvalue weighted by molar-refractivity contribution is 7.92. The van der Waals surface area contributed by atoms with E-state index in [1.54, 1.807) is 6.92 Å². The molecule has 1 aliphatic heterocycles. The Morgan fingerprint density at radius 2 is 1.60 bits per heavy atom. The van der Waals surface area contributed by atoms with Gasteiger partial charge in [-0.2, -0.15) is 4.31 Å². The maximum Gasteiger partial charge on any atom is 0.573 e. The first kappa shape index (κ1) is 24.4. The lowest BCUT2D eigenvalue weighted by molar-refractivity contribution is -0.274. The first-order valence-corrected chi connectivity index (χ1v) is 12.3. The Bertz CT molecular complexity index is 954. The van der Waals surface area contributed by atoms with Crippen molar-refractivity contribution in [3.8, 4) is 5.75 Å². The summed E-state index contributed by atoms with van der Waals surface area (Å²) in [7, 11) is -7.56. The van der Waals surface area contributed by atoms with Gasteiger partial charge in [-0.3, -0.25) is 4.79 Å². The third-order valence-corrected chi connectivity index (χ3v) is 8.79. The summed E-state index contributed by atoms with van der Waals surface area (Å²) in [4.78, 5) is 13.6. The molecule has 1 amide bonds. The third kappa shape index (κ3) is 5.85. The van der Waals surface area contributed by atoms with Crippen molar-refractivity contribution in [2.75, 3.05) is 31.9 Å². The molecular formula is C17H23F3N2O6S2. The second-order valence-corrected chi connectivity index (χ2v) is 11.1. The molecular weight excluding hydrogens is 449 g/mol. The Kier molecular flexibility index (Phi) is 7.41. The quantitative estimate of drug-likeness (QED) is 0.598. The molecule has 1 fully saturated rings. The van der Waals surface area contributed by atoms with Crippen LogP contribution in [-0.4, -0.2) is 75.5 Å². The van der Waals surface area contributed by atoms with Gasteiger partial charge in [-0.1, -0.05) is 6.92 Å². The van der Waals surface area contributed by atoms with E-state index in [1.165, 1.54) is 11.8 Å². The standard InChI is InChI=1S/C17H23F3N2O6S2/c1-3-12-29(24,25)13(2)16(23)21-8-10-22(11-9-21)30(26,27)15-6-4-14(5-7-15)28-17(18,19)20/h4-7,13H,3,8-12H2,1-2H3. The Balaban J connectivity index is 2.04. The smallest absolute Gasteiger partial charge is 0.406 e. The zero-order chi connectivity index (χ0) is 22.7. The lowest BCUT2D eigenvalue weighted by Crippen LogP contribution is -2.53. The second kappa shape index (κ2) is 9.10. The first-order valence-electron chi connectivity index (χ1n) is 9.14. The predicted octanol–water partition coefficient (Wildman–Crippen LogP) is 1.63. The fourth-order valence-corrected chi connectivity index (χ4v) is 5.78.